The average molecular weight is 365 g/mol. The van der Waals surface area contributed by atoms with Crippen LogP contribution in [0.25, 0.3) is 0 Å². The second-order valence-corrected chi connectivity index (χ2v) is 5.51. The molecule has 0 saturated carbocycles. The van der Waals surface area contributed by atoms with Crippen molar-refractivity contribution < 1.29 is 13.6 Å². The number of nitrogens with zero attached hydrogens (tertiary/aromatic N) is 1. The number of nitriles is 1. The van der Waals surface area contributed by atoms with Crippen LogP contribution in [0.15, 0.2) is 40.9 Å². The molecule has 2 aromatic rings. The molecule has 0 aliphatic carbocycles. The van der Waals surface area contributed by atoms with E-state index in [2.05, 4.69) is 21.2 Å². The first-order valence-corrected chi connectivity index (χ1v) is 7.22. The van der Waals surface area contributed by atoms with Gasteiger partial charge >= 0.3 is 0 Å². The highest BCUT2D eigenvalue weighted by atomic mass is 79.9. The molecule has 6 heteroatoms. The van der Waals surface area contributed by atoms with Crippen molar-refractivity contribution in [3.63, 3.8) is 0 Å². The van der Waals surface area contributed by atoms with Crippen LogP contribution in [-0.2, 0) is 11.2 Å². The van der Waals surface area contributed by atoms with Crippen molar-refractivity contribution in [3.05, 3.63) is 63.6 Å². The van der Waals surface area contributed by atoms with Crippen molar-refractivity contribution in [2.75, 3.05) is 5.32 Å². The second-order valence-electron chi connectivity index (χ2n) is 4.59. The molecule has 0 unspecified atom stereocenters. The smallest absolute Gasteiger partial charge is 0.224 e. The number of amides is 1. The van der Waals surface area contributed by atoms with Gasteiger partial charge in [-0.2, -0.15) is 5.26 Å². The summed E-state index contributed by atoms with van der Waals surface area (Å²) in [4.78, 5) is 11.8. The van der Waals surface area contributed by atoms with Gasteiger partial charge in [0.2, 0.25) is 5.91 Å². The summed E-state index contributed by atoms with van der Waals surface area (Å²) < 4.78 is 27.4. The highest BCUT2D eigenvalue weighted by Crippen LogP contribution is 2.17. The number of carbonyl (C=O) groups is 1. The predicted molar refractivity (Wildman–Crippen MR) is 82.2 cm³/mol. The van der Waals surface area contributed by atoms with Gasteiger partial charge in [-0.25, -0.2) is 8.78 Å². The fourth-order valence-electron chi connectivity index (χ4n) is 1.88. The number of aryl methyl sites for hydroxylation is 1. The molecule has 0 aromatic heterocycles. The van der Waals surface area contributed by atoms with Gasteiger partial charge in [-0.15, -0.1) is 0 Å². The van der Waals surface area contributed by atoms with E-state index in [-0.39, 0.29) is 30.1 Å². The Morgan fingerprint density at radius 3 is 2.64 bits per heavy atom. The highest BCUT2D eigenvalue weighted by Gasteiger charge is 2.09. The van der Waals surface area contributed by atoms with Gasteiger partial charge < -0.3 is 5.32 Å². The molecule has 112 valence electrons. The minimum absolute atomic E-state index is 0.0812. The number of hydrogen-bond donors (Lipinski definition) is 1. The lowest BCUT2D eigenvalue weighted by Crippen LogP contribution is -2.13. The lowest BCUT2D eigenvalue weighted by molar-refractivity contribution is -0.116. The molecule has 1 N–H and O–H groups in total. The van der Waals surface area contributed by atoms with Gasteiger partial charge in [0, 0.05) is 16.6 Å². The average Bonchev–Trinajstić information content (AvgIpc) is 2.48. The van der Waals surface area contributed by atoms with Crippen molar-refractivity contribution in [1.29, 1.82) is 5.26 Å². The van der Waals surface area contributed by atoms with Gasteiger partial charge in [-0.05, 0) is 42.3 Å². The zero-order chi connectivity index (χ0) is 16.1. The number of nitrogens with one attached hydrogen (secondary N) is 1. The Morgan fingerprint density at radius 2 is 1.95 bits per heavy atom. The molecular formula is C16H11BrF2N2O. The topological polar surface area (TPSA) is 52.9 Å². The highest BCUT2D eigenvalue weighted by molar-refractivity contribution is 9.10. The minimum atomic E-state index is -0.641. The maximum Gasteiger partial charge on any atom is 0.224 e. The van der Waals surface area contributed by atoms with Crippen LogP contribution in [0.3, 0.4) is 0 Å². The third kappa shape index (κ3) is 4.12. The number of carbonyl (C=O) groups excluding carboxylic acids is 1. The third-order valence-corrected chi connectivity index (χ3v) is 3.50. The summed E-state index contributed by atoms with van der Waals surface area (Å²) in [5.41, 5.74) is 0.631. The minimum Gasteiger partial charge on any atom is -0.326 e. The zero-order valence-electron chi connectivity index (χ0n) is 11.4. The molecule has 0 heterocycles. The second kappa shape index (κ2) is 7.14. The largest absolute Gasteiger partial charge is 0.326 e. The Hall–Kier alpha value is -2.26. The summed E-state index contributed by atoms with van der Waals surface area (Å²) in [5.74, 6) is -1.36. The maximum atomic E-state index is 13.6. The van der Waals surface area contributed by atoms with E-state index in [0.717, 1.165) is 6.07 Å². The fourth-order valence-corrected chi connectivity index (χ4v) is 2.22. The first kappa shape index (κ1) is 16.1. The lowest BCUT2D eigenvalue weighted by Gasteiger charge is -2.07. The van der Waals surface area contributed by atoms with E-state index in [1.165, 1.54) is 18.2 Å². The van der Waals surface area contributed by atoms with Gasteiger partial charge in [0.15, 0.2) is 0 Å². The van der Waals surface area contributed by atoms with E-state index < -0.39 is 5.82 Å². The van der Waals surface area contributed by atoms with Gasteiger partial charge in [0.25, 0.3) is 0 Å². The van der Waals surface area contributed by atoms with Gasteiger partial charge in [0.1, 0.15) is 17.7 Å². The molecule has 3 nitrogen and oxygen atoms in total. The van der Waals surface area contributed by atoms with Crippen molar-refractivity contribution in [2.24, 2.45) is 0 Å². The predicted octanol–water partition coefficient (Wildman–Crippen LogP) is 4.17. The Morgan fingerprint density at radius 1 is 1.18 bits per heavy atom. The Labute approximate surface area is 134 Å². The Bertz CT molecular complexity index is 756. The number of rotatable bonds is 4. The van der Waals surface area contributed by atoms with E-state index in [1.54, 1.807) is 18.2 Å². The van der Waals surface area contributed by atoms with E-state index in [4.69, 9.17) is 5.26 Å². The molecule has 0 radical (unpaired) electrons. The van der Waals surface area contributed by atoms with Crippen LogP contribution in [0, 0.1) is 23.0 Å². The molecule has 0 atom stereocenters. The van der Waals surface area contributed by atoms with E-state index in [0.29, 0.717) is 15.7 Å². The summed E-state index contributed by atoms with van der Waals surface area (Å²) in [6.45, 7) is 0. The first-order valence-electron chi connectivity index (χ1n) is 6.43. The molecule has 0 aliphatic heterocycles. The molecule has 0 aliphatic rings. The van der Waals surface area contributed by atoms with Crippen molar-refractivity contribution in [1.82, 2.24) is 0 Å². The van der Waals surface area contributed by atoms with Gasteiger partial charge in [-0.1, -0.05) is 22.0 Å². The quantitative estimate of drug-likeness (QED) is 0.884. The Kier molecular flexibility index (Phi) is 5.23. The SMILES string of the molecule is N#Cc1cc(NC(=O)CCc2ccc(Br)cc2F)ccc1F. The molecule has 0 fully saturated rings. The summed E-state index contributed by atoms with van der Waals surface area (Å²) >= 11 is 3.16. The summed E-state index contributed by atoms with van der Waals surface area (Å²) in [5, 5.41) is 11.3. The van der Waals surface area contributed by atoms with Crippen molar-refractivity contribution >= 4 is 27.5 Å². The normalized spacial score (nSPS) is 10.1. The molecule has 1 amide bonds. The number of hydrogen-bond acceptors (Lipinski definition) is 2. The standard InChI is InChI=1S/C16H11BrF2N2O/c17-12-3-1-10(15(19)8-12)2-6-16(22)21-13-4-5-14(18)11(7-13)9-20/h1,3-5,7-8H,2,6H2,(H,21,22). The summed E-state index contributed by atoms with van der Waals surface area (Å²) in [7, 11) is 0. The monoisotopic (exact) mass is 364 g/mol. The maximum absolute atomic E-state index is 13.6. The van der Waals surface area contributed by atoms with Gasteiger partial charge in [-0.3, -0.25) is 4.79 Å². The number of anilines is 1. The number of benzene rings is 2. The van der Waals surface area contributed by atoms with Crippen LogP contribution < -0.4 is 5.32 Å². The molecule has 22 heavy (non-hydrogen) atoms. The van der Waals surface area contributed by atoms with Crippen molar-refractivity contribution in [2.45, 2.75) is 12.8 Å². The summed E-state index contributed by atoms with van der Waals surface area (Å²) in [6, 6.07) is 10.1. The van der Waals surface area contributed by atoms with Crippen LogP contribution in [0.1, 0.15) is 17.5 Å². The molecule has 2 aromatic carbocycles. The lowest BCUT2D eigenvalue weighted by atomic mass is 10.1. The first-order chi connectivity index (χ1) is 10.5. The molecule has 0 saturated heterocycles. The van der Waals surface area contributed by atoms with Crippen LogP contribution >= 0.6 is 15.9 Å². The zero-order valence-corrected chi connectivity index (χ0v) is 13.0. The van der Waals surface area contributed by atoms with Gasteiger partial charge in [0.05, 0.1) is 5.56 Å². The molecule has 2 rings (SSSR count). The molecule has 0 bridgehead atoms. The Balaban J connectivity index is 1.97. The van der Waals surface area contributed by atoms with E-state index in [1.807, 2.05) is 0 Å². The molecular weight excluding hydrogens is 354 g/mol. The summed E-state index contributed by atoms with van der Waals surface area (Å²) in [6.07, 6.45) is 0.328. The van der Waals surface area contributed by atoms with Crippen molar-refractivity contribution in [3.8, 4) is 6.07 Å². The van der Waals surface area contributed by atoms with E-state index >= 15 is 0 Å². The fraction of sp³-hybridized carbons (Fsp3) is 0.125. The number of halogens is 3. The van der Waals surface area contributed by atoms with Crippen LogP contribution in [0.4, 0.5) is 14.5 Å². The molecule has 0 spiro atoms. The van der Waals surface area contributed by atoms with Crippen LogP contribution in [-0.4, -0.2) is 5.91 Å². The third-order valence-electron chi connectivity index (χ3n) is 3.01. The van der Waals surface area contributed by atoms with Crippen LogP contribution in [0.2, 0.25) is 0 Å². The van der Waals surface area contributed by atoms with E-state index in [9.17, 15) is 13.6 Å². The van der Waals surface area contributed by atoms with Crippen LogP contribution in [0.5, 0.6) is 0 Å².